The van der Waals surface area contributed by atoms with E-state index in [9.17, 15) is 0 Å². The number of fused-ring (bicyclic) bond motifs is 1. The Hall–Kier alpha value is -0.800. The second-order valence-corrected chi connectivity index (χ2v) is 6.77. The van der Waals surface area contributed by atoms with Crippen molar-refractivity contribution in [2.75, 3.05) is 26.2 Å². The summed E-state index contributed by atoms with van der Waals surface area (Å²) in [5, 5.41) is 0. The standard InChI is InChI=1S/C17H28N2O/c1-13(17-7-6-15(3)20-17)8-10-18-12-16-5-4-9-19(16)11-14(18)2/h6-7,13-14,16H,4-5,8-12H2,1-3H3/t13-,14-,16-/m1/s1. The van der Waals surface area contributed by atoms with E-state index >= 15 is 0 Å². The highest BCUT2D eigenvalue weighted by Gasteiger charge is 2.34. The highest BCUT2D eigenvalue weighted by molar-refractivity contribution is 5.09. The van der Waals surface area contributed by atoms with Crippen LogP contribution in [0.15, 0.2) is 16.5 Å². The molecule has 0 amide bonds. The van der Waals surface area contributed by atoms with Crippen LogP contribution in [0.2, 0.25) is 0 Å². The van der Waals surface area contributed by atoms with E-state index in [2.05, 4.69) is 35.8 Å². The monoisotopic (exact) mass is 276 g/mol. The van der Waals surface area contributed by atoms with Crippen molar-refractivity contribution in [1.82, 2.24) is 9.80 Å². The zero-order valence-corrected chi connectivity index (χ0v) is 13.1. The number of piperazine rings is 1. The fourth-order valence-electron chi connectivity index (χ4n) is 3.78. The van der Waals surface area contributed by atoms with E-state index in [-0.39, 0.29) is 0 Å². The molecule has 2 aliphatic rings. The molecule has 0 spiro atoms. The van der Waals surface area contributed by atoms with E-state index < -0.39 is 0 Å². The van der Waals surface area contributed by atoms with Crippen molar-refractivity contribution >= 4 is 0 Å². The molecule has 3 nitrogen and oxygen atoms in total. The third-order valence-electron chi connectivity index (χ3n) is 5.16. The quantitative estimate of drug-likeness (QED) is 0.841. The fraction of sp³-hybridized carbons (Fsp3) is 0.765. The predicted molar refractivity (Wildman–Crippen MR) is 82.1 cm³/mol. The van der Waals surface area contributed by atoms with Gasteiger partial charge in [-0.05, 0) is 58.3 Å². The normalized spacial score (nSPS) is 29.6. The van der Waals surface area contributed by atoms with Gasteiger partial charge in [-0.2, -0.15) is 0 Å². The molecule has 0 N–H and O–H groups in total. The van der Waals surface area contributed by atoms with Gasteiger partial charge in [0.1, 0.15) is 11.5 Å². The molecular formula is C17H28N2O. The molecule has 0 aromatic carbocycles. The maximum atomic E-state index is 5.75. The Balaban J connectivity index is 1.52. The van der Waals surface area contributed by atoms with Crippen molar-refractivity contribution < 1.29 is 4.42 Å². The average Bonchev–Trinajstić information content (AvgIpc) is 3.04. The van der Waals surface area contributed by atoms with Crippen molar-refractivity contribution in [2.45, 2.75) is 58.0 Å². The molecule has 1 aromatic rings. The molecule has 0 unspecified atom stereocenters. The average molecular weight is 276 g/mol. The lowest BCUT2D eigenvalue weighted by molar-refractivity contribution is 0.0573. The van der Waals surface area contributed by atoms with E-state index in [1.165, 1.54) is 45.4 Å². The molecule has 0 saturated carbocycles. The smallest absolute Gasteiger partial charge is 0.107 e. The SMILES string of the molecule is Cc1ccc([C@H](C)CCN2C[C@H]3CCCN3C[C@H]2C)o1. The second-order valence-electron chi connectivity index (χ2n) is 6.77. The highest BCUT2D eigenvalue weighted by Crippen LogP contribution is 2.27. The van der Waals surface area contributed by atoms with Gasteiger partial charge in [0, 0.05) is 31.1 Å². The van der Waals surface area contributed by atoms with Crippen LogP contribution < -0.4 is 0 Å². The summed E-state index contributed by atoms with van der Waals surface area (Å²) in [6.07, 6.45) is 3.99. The number of nitrogens with zero attached hydrogens (tertiary/aromatic N) is 2. The van der Waals surface area contributed by atoms with Crippen LogP contribution in [0, 0.1) is 6.92 Å². The van der Waals surface area contributed by atoms with Crippen LogP contribution in [0.25, 0.3) is 0 Å². The van der Waals surface area contributed by atoms with Gasteiger partial charge < -0.3 is 4.42 Å². The van der Waals surface area contributed by atoms with Crippen LogP contribution in [-0.2, 0) is 0 Å². The molecule has 3 heterocycles. The molecule has 3 heteroatoms. The Morgan fingerprint density at radius 3 is 2.95 bits per heavy atom. The van der Waals surface area contributed by atoms with Crippen LogP contribution in [0.1, 0.15) is 50.5 Å². The maximum absolute atomic E-state index is 5.75. The van der Waals surface area contributed by atoms with Crippen molar-refractivity contribution in [3.8, 4) is 0 Å². The fourth-order valence-corrected chi connectivity index (χ4v) is 3.78. The topological polar surface area (TPSA) is 19.6 Å². The lowest BCUT2D eigenvalue weighted by Crippen LogP contribution is -2.55. The summed E-state index contributed by atoms with van der Waals surface area (Å²) in [5.41, 5.74) is 0. The van der Waals surface area contributed by atoms with E-state index in [0.717, 1.165) is 17.6 Å². The third kappa shape index (κ3) is 2.94. The lowest BCUT2D eigenvalue weighted by atomic mass is 10.0. The van der Waals surface area contributed by atoms with Gasteiger partial charge in [-0.1, -0.05) is 6.92 Å². The van der Waals surface area contributed by atoms with E-state index in [0.29, 0.717) is 12.0 Å². The highest BCUT2D eigenvalue weighted by atomic mass is 16.3. The van der Waals surface area contributed by atoms with Gasteiger partial charge in [0.2, 0.25) is 0 Å². The van der Waals surface area contributed by atoms with Gasteiger partial charge in [-0.15, -0.1) is 0 Å². The minimum absolute atomic E-state index is 0.525. The molecule has 2 saturated heterocycles. The zero-order chi connectivity index (χ0) is 14.1. The molecule has 1 aromatic heterocycles. The van der Waals surface area contributed by atoms with Gasteiger partial charge in [0.05, 0.1) is 0 Å². The van der Waals surface area contributed by atoms with Crippen molar-refractivity contribution in [2.24, 2.45) is 0 Å². The Labute approximate surface area is 122 Å². The van der Waals surface area contributed by atoms with Gasteiger partial charge in [0.15, 0.2) is 0 Å². The minimum atomic E-state index is 0.525. The van der Waals surface area contributed by atoms with Crippen molar-refractivity contribution in [3.63, 3.8) is 0 Å². The number of aryl methyl sites for hydroxylation is 1. The molecule has 20 heavy (non-hydrogen) atoms. The molecule has 0 aliphatic carbocycles. The van der Waals surface area contributed by atoms with Gasteiger partial charge in [-0.3, -0.25) is 9.80 Å². The van der Waals surface area contributed by atoms with E-state index in [1.54, 1.807) is 0 Å². The largest absolute Gasteiger partial charge is 0.466 e. The molecule has 0 radical (unpaired) electrons. The predicted octanol–water partition coefficient (Wildman–Crippen LogP) is 3.25. The Morgan fingerprint density at radius 2 is 2.20 bits per heavy atom. The third-order valence-corrected chi connectivity index (χ3v) is 5.16. The molecule has 3 atom stereocenters. The van der Waals surface area contributed by atoms with Crippen molar-refractivity contribution in [1.29, 1.82) is 0 Å². The first-order valence-electron chi connectivity index (χ1n) is 8.18. The summed E-state index contributed by atoms with van der Waals surface area (Å²) in [6, 6.07) is 5.74. The Bertz CT molecular complexity index is 442. The van der Waals surface area contributed by atoms with Crippen LogP contribution in [-0.4, -0.2) is 48.1 Å². The summed E-state index contributed by atoms with van der Waals surface area (Å²) < 4.78 is 5.75. The number of rotatable bonds is 4. The first kappa shape index (κ1) is 14.2. The Morgan fingerprint density at radius 1 is 1.35 bits per heavy atom. The maximum Gasteiger partial charge on any atom is 0.107 e. The van der Waals surface area contributed by atoms with Gasteiger partial charge >= 0.3 is 0 Å². The van der Waals surface area contributed by atoms with Crippen molar-refractivity contribution in [3.05, 3.63) is 23.7 Å². The summed E-state index contributed by atoms with van der Waals surface area (Å²) in [5.74, 6) is 2.70. The summed E-state index contributed by atoms with van der Waals surface area (Å²) in [7, 11) is 0. The molecule has 112 valence electrons. The van der Waals surface area contributed by atoms with Crippen LogP contribution in [0.5, 0.6) is 0 Å². The first-order valence-corrected chi connectivity index (χ1v) is 8.18. The summed E-state index contributed by atoms with van der Waals surface area (Å²) >= 11 is 0. The molecule has 2 aliphatic heterocycles. The molecule has 3 rings (SSSR count). The van der Waals surface area contributed by atoms with E-state index in [1.807, 2.05) is 6.92 Å². The summed E-state index contributed by atoms with van der Waals surface area (Å²) in [6.45, 7) is 11.8. The molecule has 0 bridgehead atoms. The number of hydrogen-bond acceptors (Lipinski definition) is 3. The minimum Gasteiger partial charge on any atom is -0.466 e. The zero-order valence-electron chi connectivity index (χ0n) is 13.1. The van der Waals surface area contributed by atoms with E-state index in [4.69, 9.17) is 4.42 Å². The first-order chi connectivity index (χ1) is 9.63. The van der Waals surface area contributed by atoms with Crippen LogP contribution in [0.4, 0.5) is 0 Å². The molecule has 2 fully saturated rings. The number of hydrogen-bond donors (Lipinski definition) is 0. The lowest BCUT2D eigenvalue weighted by Gasteiger charge is -2.42. The van der Waals surface area contributed by atoms with Crippen LogP contribution >= 0.6 is 0 Å². The van der Waals surface area contributed by atoms with Gasteiger partial charge in [0.25, 0.3) is 0 Å². The van der Waals surface area contributed by atoms with Gasteiger partial charge in [-0.25, -0.2) is 0 Å². The molecular weight excluding hydrogens is 248 g/mol. The second kappa shape index (κ2) is 5.90. The number of furan rings is 1. The Kier molecular flexibility index (Phi) is 4.18. The van der Waals surface area contributed by atoms with Crippen LogP contribution in [0.3, 0.4) is 0 Å². The summed E-state index contributed by atoms with van der Waals surface area (Å²) in [4.78, 5) is 5.39.